The highest BCUT2D eigenvalue weighted by Crippen LogP contribution is 2.69. The maximum Gasteiger partial charge on any atom is 0.269 e. The minimum absolute atomic E-state index is 0.145. The lowest BCUT2D eigenvalue weighted by Crippen LogP contribution is -2.53. The maximum absolute atomic E-state index is 11.0. The zero-order chi connectivity index (χ0) is 18.9. The zero-order valence-corrected chi connectivity index (χ0v) is 16.5. The Balaban J connectivity index is 1.48. The standard InChI is InChI=1S/C22H29N3O2/c1-12(2)11-24-21(23-20-6-4-14(25(26)27)8-13(20)3)7-5-15-16-10-19(22(15)24)18-9-17(16)18/h4,6,8,12,15-19,22H,5,7,9-11H2,1-3H3. The summed E-state index contributed by atoms with van der Waals surface area (Å²) < 4.78 is 0. The quantitative estimate of drug-likeness (QED) is 0.558. The molecule has 0 radical (unpaired) electrons. The van der Waals surface area contributed by atoms with Crippen LogP contribution in [-0.2, 0) is 0 Å². The number of likely N-dealkylation sites (tertiary alicyclic amines) is 1. The highest BCUT2D eigenvalue weighted by atomic mass is 16.6. The molecule has 4 fully saturated rings. The zero-order valence-electron chi connectivity index (χ0n) is 16.5. The van der Waals surface area contributed by atoms with Crippen LogP contribution in [0.25, 0.3) is 0 Å². The van der Waals surface area contributed by atoms with Gasteiger partial charge in [-0.05, 0) is 73.3 Å². The molecule has 3 aliphatic carbocycles. The van der Waals surface area contributed by atoms with Crippen molar-refractivity contribution in [3.63, 3.8) is 0 Å². The predicted molar refractivity (Wildman–Crippen MR) is 106 cm³/mol. The van der Waals surface area contributed by atoms with Crippen molar-refractivity contribution in [1.29, 1.82) is 0 Å². The lowest BCUT2D eigenvalue weighted by Gasteiger charge is -2.46. The Bertz CT molecular complexity index is 818. The van der Waals surface area contributed by atoms with Crippen molar-refractivity contribution in [2.24, 2.45) is 40.5 Å². The summed E-state index contributed by atoms with van der Waals surface area (Å²) in [5.74, 6) is 6.59. The molecule has 0 spiro atoms. The second-order valence-electron chi connectivity index (χ2n) is 9.62. The summed E-state index contributed by atoms with van der Waals surface area (Å²) in [6.07, 6.45) is 5.24. The number of aliphatic imine (C=N–C) groups is 1. The molecule has 1 aromatic carbocycles. The van der Waals surface area contributed by atoms with Gasteiger partial charge in [0, 0.05) is 31.1 Å². The van der Waals surface area contributed by atoms with Crippen LogP contribution in [0.4, 0.5) is 11.4 Å². The topological polar surface area (TPSA) is 58.7 Å². The number of benzene rings is 1. The van der Waals surface area contributed by atoms with Crippen LogP contribution >= 0.6 is 0 Å². The minimum Gasteiger partial charge on any atom is -0.356 e. The van der Waals surface area contributed by atoms with Gasteiger partial charge in [-0.1, -0.05) is 13.8 Å². The Morgan fingerprint density at radius 2 is 1.89 bits per heavy atom. The van der Waals surface area contributed by atoms with Crippen LogP contribution in [0.3, 0.4) is 0 Å². The molecular formula is C22H29N3O2. The molecule has 1 saturated heterocycles. The summed E-state index contributed by atoms with van der Waals surface area (Å²) in [5.41, 5.74) is 1.92. The van der Waals surface area contributed by atoms with Crippen LogP contribution in [0.1, 0.15) is 45.1 Å². The molecule has 5 nitrogen and oxygen atoms in total. The summed E-state index contributed by atoms with van der Waals surface area (Å²) in [5, 5.41) is 11.0. The van der Waals surface area contributed by atoms with Crippen LogP contribution < -0.4 is 0 Å². The van der Waals surface area contributed by atoms with Gasteiger partial charge in [0.25, 0.3) is 5.69 Å². The number of hydrogen-bond acceptors (Lipinski definition) is 3. The van der Waals surface area contributed by atoms with Gasteiger partial charge in [-0.25, -0.2) is 4.99 Å². The summed E-state index contributed by atoms with van der Waals surface area (Å²) in [6.45, 7) is 7.60. The van der Waals surface area contributed by atoms with E-state index >= 15 is 0 Å². The molecule has 1 aliphatic heterocycles. The monoisotopic (exact) mass is 367 g/mol. The molecule has 27 heavy (non-hydrogen) atoms. The number of rotatable bonds is 4. The first-order valence-corrected chi connectivity index (χ1v) is 10.5. The molecule has 0 aromatic heterocycles. The highest BCUT2D eigenvalue weighted by Gasteiger charge is 2.66. The van der Waals surface area contributed by atoms with Gasteiger partial charge in [0.15, 0.2) is 0 Å². The molecule has 0 amide bonds. The van der Waals surface area contributed by atoms with Crippen LogP contribution in [-0.4, -0.2) is 28.2 Å². The van der Waals surface area contributed by atoms with E-state index in [2.05, 4.69) is 18.7 Å². The van der Waals surface area contributed by atoms with Crippen molar-refractivity contribution in [2.75, 3.05) is 6.54 Å². The molecule has 0 N–H and O–H groups in total. The number of hydrogen-bond donors (Lipinski definition) is 0. The number of piperidine rings is 1. The van der Waals surface area contributed by atoms with Crippen molar-refractivity contribution in [3.8, 4) is 0 Å². The van der Waals surface area contributed by atoms with Crippen molar-refractivity contribution in [1.82, 2.24) is 4.90 Å². The van der Waals surface area contributed by atoms with Gasteiger partial charge in [0.1, 0.15) is 5.84 Å². The average molecular weight is 367 g/mol. The summed E-state index contributed by atoms with van der Waals surface area (Å²) in [7, 11) is 0. The number of fused-ring (bicyclic) bond motifs is 8. The Hall–Kier alpha value is -1.91. The van der Waals surface area contributed by atoms with E-state index in [1.807, 2.05) is 13.0 Å². The normalized spacial score (nSPS) is 37.6. The fourth-order valence-corrected chi connectivity index (χ4v) is 6.56. The molecule has 6 unspecified atom stereocenters. The minimum atomic E-state index is -0.332. The van der Waals surface area contributed by atoms with Gasteiger partial charge in [-0.3, -0.25) is 10.1 Å². The lowest BCUT2D eigenvalue weighted by atomic mass is 9.77. The van der Waals surface area contributed by atoms with Crippen LogP contribution in [0.15, 0.2) is 23.2 Å². The molecule has 5 rings (SSSR count). The van der Waals surface area contributed by atoms with E-state index < -0.39 is 0 Å². The summed E-state index contributed by atoms with van der Waals surface area (Å²) in [4.78, 5) is 18.4. The first-order valence-electron chi connectivity index (χ1n) is 10.5. The maximum atomic E-state index is 11.0. The van der Waals surface area contributed by atoms with Gasteiger partial charge < -0.3 is 4.90 Å². The van der Waals surface area contributed by atoms with Gasteiger partial charge in [-0.15, -0.1) is 0 Å². The predicted octanol–water partition coefficient (Wildman–Crippen LogP) is 4.96. The van der Waals surface area contributed by atoms with E-state index in [4.69, 9.17) is 4.99 Å². The number of amidine groups is 1. The number of nitro groups is 1. The molecule has 1 heterocycles. The molecule has 1 aromatic rings. The molecule has 144 valence electrons. The molecule has 2 bridgehead atoms. The number of aryl methyl sites for hydroxylation is 1. The van der Waals surface area contributed by atoms with E-state index in [9.17, 15) is 10.1 Å². The number of non-ortho nitro benzene ring substituents is 1. The van der Waals surface area contributed by atoms with Crippen molar-refractivity contribution < 1.29 is 4.92 Å². The second-order valence-corrected chi connectivity index (χ2v) is 9.62. The first-order chi connectivity index (χ1) is 12.9. The fourth-order valence-electron chi connectivity index (χ4n) is 6.56. The third-order valence-electron chi connectivity index (χ3n) is 7.56. The van der Waals surface area contributed by atoms with Crippen LogP contribution in [0, 0.1) is 52.5 Å². The van der Waals surface area contributed by atoms with Crippen molar-refractivity contribution in [2.45, 2.75) is 52.5 Å². The highest BCUT2D eigenvalue weighted by molar-refractivity contribution is 5.86. The van der Waals surface area contributed by atoms with E-state index in [0.29, 0.717) is 12.0 Å². The number of nitro benzene ring substituents is 1. The molecule has 4 aliphatic rings. The van der Waals surface area contributed by atoms with Crippen LogP contribution in [0.2, 0.25) is 0 Å². The van der Waals surface area contributed by atoms with E-state index in [1.165, 1.54) is 25.1 Å². The van der Waals surface area contributed by atoms with Gasteiger partial charge >= 0.3 is 0 Å². The third-order valence-corrected chi connectivity index (χ3v) is 7.56. The average Bonchev–Trinajstić information content (AvgIpc) is 3.23. The van der Waals surface area contributed by atoms with Crippen molar-refractivity contribution in [3.05, 3.63) is 33.9 Å². The first kappa shape index (κ1) is 17.2. The Labute approximate surface area is 161 Å². The van der Waals surface area contributed by atoms with E-state index in [-0.39, 0.29) is 10.6 Å². The molecule has 5 heteroatoms. The number of nitrogens with zero attached hydrogens (tertiary/aromatic N) is 3. The smallest absolute Gasteiger partial charge is 0.269 e. The Kier molecular flexibility index (Phi) is 3.85. The fraction of sp³-hybridized carbons (Fsp3) is 0.682. The summed E-state index contributed by atoms with van der Waals surface area (Å²) in [6, 6.07) is 5.73. The Morgan fingerprint density at radius 3 is 2.59 bits per heavy atom. The van der Waals surface area contributed by atoms with Crippen molar-refractivity contribution >= 4 is 17.2 Å². The van der Waals surface area contributed by atoms with Gasteiger partial charge in [-0.2, -0.15) is 0 Å². The Morgan fingerprint density at radius 1 is 1.19 bits per heavy atom. The third kappa shape index (κ3) is 2.69. The van der Waals surface area contributed by atoms with E-state index in [0.717, 1.165) is 53.8 Å². The lowest BCUT2D eigenvalue weighted by molar-refractivity contribution is -0.384. The summed E-state index contributed by atoms with van der Waals surface area (Å²) >= 11 is 0. The van der Waals surface area contributed by atoms with Gasteiger partial charge in [0.05, 0.1) is 10.6 Å². The largest absolute Gasteiger partial charge is 0.356 e. The molecule has 6 atom stereocenters. The van der Waals surface area contributed by atoms with Crippen LogP contribution in [0.5, 0.6) is 0 Å². The molecule has 3 saturated carbocycles. The van der Waals surface area contributed by atoms with E-state index in [1.54, 1.807) is 12.1 Å². The van der Waals surface area contributed by atoms with Gasteiger partial charge in [0.2, 0.25) is 0 Å². The second kappa shape index (κ2) is 6.05. The molecular weight excluding hydrogens is 338 g/mol. The SMILES string of the molecule is Cc1cc([N+](=O)[O-])ccc1N=C1CCC2C3CC(C4CC34)C2N1CC(C)C.